The van der Waals surface area contributed by atoms with E-state index in [1.807, 2.05) is 94.8 Å². The van der Waals surface area contributed by atoms with Crippen molar-refractivity contribution in [1.29, 1.82) is 0 Å². The third-order valence-corrected chi connectivity index (χ3v) is 26.0. The molecule has 0 radical (unpaired) electrons. The van der Waals surface area contributed by atoms with Gasteiger partial charge in [0.2, 0.25) is 0 Å². The first-order chi connectivity index (χ1) is 68.1. The van der Waals surface area contributed by atoms with Crippen LogP contribution in [0.5, 0.6) is 0 Å². The van der Waals surface area contributed by atoms with Crippen LogP contribution in [0.4, 0.5) is 68.2 Å². The fraction of sp³-hybridized carbons (Fsp3) is 0.0333. The van der Waals surface area contributed by atoms with Crippen molar-refractivity contribution in [1.82, 2.24) is 47.8 Å². The van der Waals surface area contributed by atoms with E-state index in [1.54, 1.807) is 12.4 Å². The van der Waals surface area contributed by atoms with Gasteiger partial charge < -0.3 is 67.4 Å². The fourth-order valence-corrected chi connectivity index (χ4v) is 19.7. The second-order valence-electron chi connectivity index (χ2n) is 34.2. The predicted molar refractivity (Wildman–Crippen MR) is 560 cm³/mol. The minimum Gasteiger partial charge on any atom is -0.504 e. The Hall–Kier alpha value is -15.4. The van der Waals surface area contributed by atoms with E-state index in [2.05, 4.69) is 484 Å². The van der Waals surface area contributed by atoms with Gasteiger partial charge in [0.15, 0.2) is 0 Å². The quantitative estimate of drug-likeness (QED) is 0.109. The number of hydrogen-bond donors (Lipinski definition) is 0. The van der Waals surface area contributed by atoms with E-state index in [1.165, 1.54) is 49.7 Å². The second-order valence-corrected chi connectivity index (χ2v) is 34.2. The molecule has 0 fully saturated rings. The Morgan fingerprint density at radius 3 is 0.817 bits per heavy atom. The fourth-order valence-electron chi connectivity index (χ4n) is 19.7. The summed E-state index contributed by atoms with van der Waals surface area (Å²) in [5.41, 5.74) is 31.3. The molecular weight excluding hydrogens is 2470 g/mol. The van der Waals surface area contributed by atoms with Gasteiger partial charge in [0.05, 0.1) is 0 Å². The maximum absolute atomic E-state index is 4.54. The number of aromatic nitrogens is 10. The Kier molecular flexibility index (Phi) is 25.7. The van der Waals surface area contributed by atoms with Crippen LogP contribution in [0.2, 0.25) is 0 Å². The van der Waals surface area contributed by atoms with E-state index < -0.39 is 0 Å². The van der Waals surface area contributed by atoms with Crippen LogP contribution in [0.25, 0.3) is 144 Å². The summed E-state index contributed by atoms with van der Waals surface area (Å²) in [6.07, 6.45) is 11.1. The van der Waals surface area contributed by atoms with Gasteiger partial charge in [-0.3, -0.25) is 9.36 Å². The number of nitrogens with zero attached hydrogens (tertiary/aromatic N) is 18. The molecule has 0 saturated heterocycles. The van der Waals surface area contributed by atoms with Gasteiger partial charge in [-0.1, -0.05) is 185 Å². The van der Waals surface area contributed by atoms with Gasteiger partial charge in [0.25, 0.3) is 0 Å². The standard InChI is InChI=1S/2C31H21N4.2C29H20N5.4Pt/c1-33-21-34(30-15-5-4-14-29(30)33)23-9-8-10-24(20-23)35-28-13-3-2-11-25(28)26-17-16-22(19-31(26)35)27-12-6-7-18-32-27;1-33-21-34(30-15-5-4-14-29(30)33)23-16-17-26-25-11-2-3-13-28(25)35(31(26)20-23)24-10-8-9-22(19-24)27-12-6-7-18-32-27;1-31-20-32(28-13-5-4-12-27(28)31)21-14-15-25-24-10-2-3-11-26(24)34(29(25)19-21)23-9-6-8-22(18-23)33-17-7-16-30-33;1-31-20-32(28-13-5-4-12-27(28)31)21-8-6-9-23(18-21)34-26-11-3-2-10-24(26)25-15-14-22(19-29(25)34)33-17-7-16-30-33;;;;/h2*2-18,21H,1H3;2*2-17,20H,1H3;;;;/q4*-3;;;;. The van der Waals surface area contributed by atoms with Crippen LogP contribution in [0.3, 0.4) is 0 Å². The SMILES string of the molecule is CN1[CH-]N(c2[c-]c(-n3c4[c-]c(-c5ccccn5)ccc4c4ccccc43)ccc2)c2ccccc21.CN1[CH-]N(c2[c-]c(-n3c4[c-]c(-n5cccn5)ccc4c4ccccc43)ccc2)c2ccccc21.CN1[CH-]N(c2[c-]c3c(cc2)c2ccccc2n3-c2[c-]c(-c3ccccn3)ccc2)c2ccccc21.CN1[CH-]N(c2[c-]c3c(cc2)c2ccccc2n3-c2[c-]c(-n3cccn3)ccc2)c2ccccc21.[Pt].[Pt].[Pt].[Pt]. The van der Waals surface area contributed by atoms with Gasteiger partial charge in [0, 0.05) is 189 Å². The molecule has 0 atom stereocenters. The summed E-state index contributed by atoms with van der Waals surface area (Å²) in [5.74, 6) is 0. The van der Waals surface area contributed by atoms with Gasteiger partial charge in [-0.05, 0) is 181 Å². The smallest absolute Gasteiger partial charge is 0.0493 e. The van der Waals surface area contributed by atoms with Crippen LogP contribution in [0, 0.1) is 75.2 Å². The first kappa shape index (κ1) is 92.9. The summed E-state index contributed by atoms with van der Waals surface area (Å²) in [7, 11) is 8.29. The molecule has 8 aromatic heterocycles. The van der Waals surface area contributed by atoms with E-state index in [0.29, 0.717) is 0 Å². The number of rotatable bonds is 12. The van der Waals surface area contributed by atoms with Crippen molar-refractivity contribution in [2.45, 2.75) is 0 Å². The van der Waals surface area contributed by atoms with E-state index in [9.17, 15) is 0 Å². The van der Waals surface area contributed by atoms with Crippen LogP contribution in [-0.4, -0.2) is 76.0 Å². The van der Waals surface area contributed by atoms with E-state index in [0.717, 1.165) is 162 Å². The molecule has 28 rings (SSSR count). The second kappa shape index (κ2) is 39.3. The van der Waals surface area contributed by atoms with Gasteiger partial charge in [-0.2, -0.15) is 73.3 Å². The van der Waals surface area contributed by atoms with E-state index >= 15 is 0 Å². The molecule has 16 aromatic carbocycles. The third-order valence-electron chi connectivity index (χ3n) is 26.0. The van der Waals surface area contributed by atoms with Crippen molar-refractivity contribution in [3.63, 3.8) is 0 Å². The largest absolute Gasteiger partial charge is 0.504 e. The molecule has 4 aliphatic heterocycles. The maximum atomic E-state index is 4.54. The molecule has 4 aliphatic rings. The van der Waals surface area contributed by atoms with Crippen LogP contribution >= 0.6 is 0 Å². The van der Waals surface area contributed by atoms with Crippen LogP contribution < -0.4 is 39.2 Å². The van der Waals surface area contributed by atoms with Crippen molar-refractivity contribution >= 4 is 155 Å². The Labute approximate surface area is 880 Å². The molecule has 0 N–H and O–H groups in total. The molecule has 704 valence electrons. The van der Waals surface area contributed by atoms with Crippen molar-refractivity contribution in [2.24, 2.45) is 0 Å². The van der Waals surface area contributed by atoms with Crippen molar-refractivity contribution in [3.8, 4) is 56.6 Å². The normalized spacial score (nSPS) is 12.8. The number of benzene rings is 16. The van der Waals surface area contributed by atoms with Gasteiger partial charge in [-0.15, -0.1) is 183 Å². The van der Waals surface area contributed by atoms with Gasteiger partial charge in [0.1, 0.15) is 0 Å². The molecular formula is C120H82N18Pt4-12. The minimum atomic E-state index is 0. The van der Waals surface area contributed by atoms with Crippen molar-refractivity contribution in [2.75, 3.05) is 67.4 Å². The Bertz CT molecular complexity index is 8780. The van der Waals surface area contributed by atoms with Crippen molar-refractivity contribution in [3.05, 3.63) is 476 Å². The molecule has 0 saturated carbocycles. The molecule has 0 bridgehead atoms. The molecule has 142 heavy (non-hydrogen) atoms. The zero-order valence-corrected chi connectivity index (χ0v) is 85.8. The molecule has 24 aromatic rings. The summed E-state index contributed by atoms with van der Waals surface area (Å²) in [6.45, 7) is 8.44. The summed E-state index contributed by atoms with van der Waals surface area (Å²) in [5, 5.41) is 18.2. The zero-order chi connectivity index (χ0) is 92.0. The number of para-hydroxylation sites is 12. The number of fused-ring (bicyclic) bond motifs is 16. The molecule has 12 heterocycles. The molecule has 0 amide bonds. The van der Waals surface area contributed by atoms with Gasteiger partial charge >= 0.3 is 0 Å². The maximum Gasteiger partial charge on any atom is 0.0493 e. The number of hydrogen-bond acceptors (Lipinski definition) is 12. The zero-order valence-electron chi connectivity index (χ0n) is 76.7. The number of anilines is 12. The van der Waals surface area contributed by atoms with Crippen molar-refractivity contribution < 1.29 is 84.3 Å². The van der Waals surface area contributed by atoms with Crippen LogP contribution in [-0.2, 0) is 84.3 Å². The first-order valence-electron chi connectivity index (χ1n) is 45.7. The van der Waals surface area contributed by atoms with E-state index in [-0.39, 0.29) is 84.3 Å². The average Bonchev–Trinajstić information content (AvgIpc) is 1.59. The average molecular weight is 2560 g/mol. The van der Waals surface area contributed by atoms with E-state index in [4.69, 9.17) is 0 Å². The summed E-state index contributed by atoms with van der Waals surface area (Å²) in [6, 6.07) is 155. The Morgan fingerprint density at radius 2 is 0.465 bits per heavy atom. The first-order valence-corrected chi connectivity index (χ1v) is 45.7. The Morgan fingerprint density at radius 1 is 0.197 bits per heavy atom. The number of pyridine rings is 2. The molecule has 0 unspecified atom stereocenters. The monoisotopic (exact) mass is 2550 g/mol. The molecule has 22 heteroatoms. The van der Waals surface area contributed by atoms with Crippen LogP contribution in [0.15, 0.2) is 401 Å². The predicted octanol–water partition coefficient (Wildman–Crippen LogP) is 26.9. The molecule has 18 nitrogen and oxygen atoms in total. The summed E-state index contributed by atoms with van der Waals surface area (Å²) < 4.78 is 12.7. The molecule has 0 aliphatic carbocycles. The van der Waals surface area contributed by atoms with Crippen LogP contribution in [0.1, 0.15) is 0 Å². The Balaban J connectivity index is 0.000000111. The summed E-state index contributed by atoms with van der Waals surface area (Å²) in [4.78, 5) is 26.4. The van der Waals surface area contributed by atoms with Gasteiger partial charge in [-0.25, -0.2) is 0 Å². The third kappa shape index (κ3) is 16.6. The minimum absolute atomic E-state index is 0. The topological polar surface area (TPSA) is 107 Å². The molecule has 0 spiro atoms. The summed E-state index contributed by atoms with van der Waals surface area (Å²) >= 11 is 0.